The fraction of sp³-hybridized carbons (Fsp3) is 0.208. The molecule has 2 heterocycles. The second-order valence-electron chi connectivity index (χ2n) is 7.44. The largest absolute Gasteiger partial charge is 0.493 e. The Kier molecular flexibility index (Phi) is 4.28. The third-order valence-corrected chi connectivity index (χ3v) is 5.39. The summed E-state index contributed by atoms with van der Waals surface area (Å²) >= 11 is 0. The van der Waals surface area contributed by atoms with Crippen LogP contribution in [0.3, 0.4) is 0 Å². The summed E-state index contributed by atoms with van der Waals surface area (Å²) in [5.74, 6) is 0.546. The molecule has 0 saturated heterocycles. The highest BCUT2D eigenvalue weighted by Crippen LogP contribution is 2.35. The van der Waals surface area contributed by atoms with E-state index in [1.54, 1.807) is 12.1 Å². The number of benzene rings is 3. The summed E-state index contributed by atoms with van der Waals surface area (Å²) < 4.78 is 11.6. The number of carbonyl (C=O) groups is 2. The number of ether oxygens (including phenoxy) is 2. The lowest BCUT2D eigenvalue weighted by Gasteiger charge is -2.23. The first kappa shape index (κ1) is 18.4. The van der Waals surface area contributed by atoms with E-state index in [0.717, 1.165) is 28.1 Å². The van der Waals surface area contributed by atoms with Crippen molar-refractivity contribution in [3.05, 3.63) is 70.8 Å². The lowest BCUT2D eigenvalue weighted by Crippen LogP contribution is -2.36. The Bertz CT molecular complexity index is 1180. The summed E-state index contributed by atoms with van der Waals surface area (Å²) in [5, 5.41) is 6.72. The van der Waals surface area contributed by atoms with Crippen LogP contribution in [0.1, 0.15) is 45.7 Å². The zero-order valence-corrected chi connectivity index (χ0v) is 16.7. The van der Waals surface area contributed by atoms with Crippen LogP contribution in [0.15, 0.2) is 53.6 Å². The Morgan fingerprint density at radius 2 is 1.83 bits per heavy atom. The molecule has 2 aliphatic heterocycles. The predicted molar refractivity (Wildman–Crippen MR) is 113 cm³/mol. The van der Waals surface area contributed by atoms with Crippen molar-refractivity contribution in [2.45, 2.75) is 26.4 Å². The molecule has 0 unspecified atom stereocenters. The molecule has 0 fully saturated rings. The summed E-state index contributed by atoms with van der Waals surface area (Å²) in [6.45, 7) is 4.41. The van der Waals surface area contributed by atoms with E-state index >= 15 is 0 Å². The molecule has 5 rings (SSSR count). The summed E-state index contributed by atoms with van der Waals surface area (Å²) in [4.78, 5) is 26.0. The second-order valence-corrected chi connectivity index (χ2v) is 7.44. The van der Waals surface area contributed by atoms with Crippen LogP contribution < -0.4 is 9.47 Å². The second kappa shape index (κ2) is 6.99. The van der Waals surface area contributed by atoms with Gasteiger partial charge in [-0.05, 0) is 43.5 Å². The van der Waals surface area contributed by atoms with Crippen molar-refractivity contribution >= 4 is 28.8 Å². The molecule has 3 aromatic rings. The maximum absolute atomic E-state index is 13.0. The smallest absolute Gasteiger partial charge is 0.282 e. The summed E-state index contributed by atoms with van der Waals surface area (Å²) in [6, 6.07) is 14.6. The van der Waals surface area contributed by atoms with Crippen molar-refractivity contribution in [1.82, 2.24) is 5.01 Å². The molecule has 0 aliphatic carbocycles. The highest BCUT2D eigenvalue weighted by molar-refractivity contribution is 6.25. The van der Waals surface area contributed by atoms with Crippen LogP contribution in [-0.4, -0.2) is 35.7 Å². The zero-order valence-electron chi connectivity index (χ0n) is 16.7. The van der Waals surface area contributed by atoms with E-state index in [1.165, 1.54) is 6.21 Å². The average Bonchev–Trinajstić information content (AvgIpc) is 3.10. The van der Waals surface area contributed by atoms with Gasteiger partial charge >= 0.3 is 0 Å². The quantitative estimate of drug-likeness (QED) is 0.486. The Hall–Kier alpha value is -3.67. The zero-order chi connectivity index (χ0) is 20.8. The molecule has 1 atom stereocenters. The molecule has 2 amide bonds. The Balaban J connectivity index is 1.55. The first-order valence-electron chi connectivity index (χ1n) is 9.97. The number of carbonyl (C=O) groups excluding carboxylic acids is 2. The van der Waals surface area contributed by atoms with Gasteiger partial charge in [-0.25, -0.2) is 0 Å². The van der Waals surface area contributed by atoms with Crippen molar-refractivity contribution in [2.75, 3.05) is 6.61 Å². The maximum Gasteiger partial charge on any atom is 0.282 e. The lowest BCUT2D eigenvalue weighted by atomic mass is 9.95. The highest BCUT2D eigenvalue weighted by Gasteiger charge is 2.32. The molecule has 0 spiro atoms. The molecule has 150 valence electrons. The molecule has 6 heteroatoms. The van der Waals surface area contributed by atoms with Gasteiger partial charge in [0.1, 0.15) is 17.6 Å². The van der Waals surface area contributed by atoms with E-state index in [9.17, 15) is 9.59 Å². The Morgan fingerprint density at radius 3 is 2.50 bits per heavy atom. The van der Waals surface area contributed by atoms with Gasteiger partial charge in [0.25, 0.3) is 11.8 Å². The third kappa shape index (κ3) is 2.84. The molecule has 6 nitrogen and oxygen atoms in total. The Morgan fingerprint density at radius 1 is 1.13 bits per heavy atom. The number of hydrazone groups is 1. The van der Waals surface area contributed by atoms with Crippen LogP contribution in [0.5, 0.6) is 11.5 Å². The van der Waals surface area contributed by atoms with Crippen LogP contribution in [0.2, 0.25) is 0 Å². The molecule has 0 saturated carbocycles. The summed E-state index contributed by atoms with van der Waals surface area (Å²) in [6.07, 6.45) is 2.40. The first-order chi connectivity index (χ1) is 14.6. The molecule has 30 heavy (non-hydrogen) atoms. The molecule has 3 aromatic carbocycles. The number of amides is 2. The maximum atomic E-state index is 13.0. The van der Waals surface area contributed by atoms with Gasteiger partial charge in [0, 0.05) is 22.9 Å². The first-order valence-corrected chi connectivity index (χ1v) is 9.97. The molecule has 0 radical (unpaired) electrons. The van der Waals surface area contributed by atoms with Gasteiger partial charge in [-0.3, -0.25) is 9.59 Å². The molecular formula is C24H20N2O4. The van der Waals surface area contributed by atoms with Crippen molar-refractivity contribution in [3.8, 4) is 11.5 Å². The molecule has 2 aliphatic rings. The number of rotatable bonds is 4. The van der Waals surface area contributed by atoms with Crippen LogP contribution >= 0.6 is 0 Å². The molecule has 0 N–H and O–H groups in total. The van der Waals surface area contributed by atoms with Gasteiger partial charge in [0.2, 0.25) is 0 Å². The van der Waals surface area contributed by atoms with E-state index in [0.29, 0.717) is 34.4 Å². The minimum absolute atomic E-state index is 0.101. The minimum Gasteiger partial charge on any atom is -0.493 e. The fourth-order valence-electron chi connectivity index (χ4n) is 4.08. The van der Waals surface area contributed by atoms with Gasteiger partial charge < -0.3 is 9.47 Å². The summed E-state index contributed by atoms with van der Waals surface area (Å²) in [7, 11) is 0. The van der Waals surface area contributed by atoms with Crippen molar-refractivity contribution in [1.29, 1.82) is 0 Å². The van der Waals surface area contributed by atoms with Crippen LogP contribution in [-0.2, 0) is 6.42 Å². The molecular weight excluding hydrogens is 380 g/mol. The standard InChI is InChI=1S/C24H20N2O4/c1-3-29-20-11-16-10-14(2)30-21(16)12-17(20)13-25-26-23(27)18-8-4-6-15-7-5-9-19(22(15)18)24(26)28/h4-9,11-14H,3,10H2,1-2H3/b25-13-/t14-/m1/s1. The Labute approximate surface area is 173 Å². The summed E-state index contributed by atoms with van der Waals surface area (Å²) in [5.41, 5.74) is 2.67. The van der Waals surface area contributed by atoms with Crippen LogP contribution in [0.4, 0.5) is 0 Å². The van der Waals surface area contributed by atoms with E-state index in [1.807, 2.05) is 50.2 Å². The fourth-order valence-corrected chi connectivity index (χ4v) is 4.08. The number of imide groups is 1. The average molecular weight is 400 g/mol. The van der Waals surface area contributed by atoms with Crippen molar-refractivity contribution in [3.63, 3.8) is 0 Å². The monoisotopic (exact) mass is 400 g/mol. The normalized spacial score (nSPS) is 17.5. The third-order valence-electron chi connectivity index (χ3n) is 5.39. The van der Waals surface area contributed by atoms with Gasteiger partial charge in [-0.15, -0.1) is 0 Å². The van der Waals surface area contributed by atoms with Crippen molar-refractivity contribution in [2.24, 2.45) is 5.10 Å². The van der Waals surface area contributed by atoms with Gasteiger partial charge in [0.05, 0.1) is 23.9 Å². The van der Waals surface area contributed by atoms with Crippen LogP contribution in [0, 0.1) is 0 Å². The van der Waals surface area contributed by atoms with E-state index in [4.69, 9.17) is 9.47 Å². The topological polar surface area (TPSA) is 68.2 Å². The van der Waals surface area contributed by atoms with Gasteiger partial charge in [-0.2, -0.15) is 10.1 Å². The lowest BCUT2D eigenvalue weighted by molar-refractivity contribution is 0.0616. The van der Waals surface area contributed by atoms with E-state index in [-0.39, 0.29) is 6.10 Å². The van der Waals surface area contributed by atoms with Crippen molar-refractivity contribution < 1.29 is 19.1 Å². The molecule has 0 bridgehead atoms. The van der Waals surface area contributed by atoms with Gasteiger partial charge in [-0.1, -0.05) is 24.3 Å². The highest BCUT2D eigenvalue weighted by atomic mass is 16.5. The number of hydrogen-bond acceptors (Lipinski definition) is 5. The van der Waals surface area contributed by atoms with E-state index in [2.05, 4.69) is 5.10 Å². The number of hydrogen-bond donors (Lipinski definition) is 0. The van der Waals surface area contributed by atoms with Gasteiger partial charge in [0.15, 0.2) is 0 Å². The minimum atomic E-state index is -0.440. The number of nitrogens with zero attached hydrogens (tertiary/aromatic N) is 2. The number of fused-ring (bicyclic) bond motifs is 1. The molecule has 0 aromatic heterocycles. The predicted octanol–water partition coefficient (Wildman–Crippen LogP) is 4.19. The van der Waals surface area contributed by atoms with Crippen LogP contribution in [0.25, 0.3) is 10.8 Å². The van der Waals surface area contributed by atoms with E-state index < -0.39 is 11.8 Å². The SMILES string of the molecule is CCOc1cc2c(cc1/C=N\N1C(=O)c3cccc4cccc(c34)C1=O)O[C@H](C)C2.